The molecule has 0 amide bonds. The van der Waals surface area contributed by atoms with Gasteiger partial charge in [-0.25, -0.2) is 13.2 Å². The Balaban J connectivity index is 2.31. The second kappa shape index (κ2) is 4.90. The van der Waals surface area contributed by atoms with Crippen LogP contribution in [0.4, 0.5) is 5.69 Å². The van der Waals surface area contributed by atoms with Crippen LogP contribution in [0.1, 0.15) is 15.9 Å². The largest absolute Gasteiger partial charge is 0.478 e. The van der Waals surface area contributed by atoms with E-state index in [0.717, 1.165) is 0 Å². The minimum absolute atomic E-state index is 0.0462. The Morgan fingerprint density at radius 2 is 1.95 bits per heavy atom. The van der Waals surface area contributed by atoms with E-state index in [9.17, 15) is 13.2 Å². The summed E-state index contributed by atoms with van der Waals surface area (Å²) in [4.78, 5) is 12.6. The highest BCUT2D eigenvalue weighted by molar-refractivity contribution is 7.91. The number of carboxylic acid groups (broad SMARTS) is 1. The molecule has 0 unspecified atom stereocenters. The molecule has 6 nitrogen and oxygen atoms in total. The van der Waals surface area contributed by atoms with E-state index in [4.69, 9.17) is 10.4 Å². The molecule has 1 saturated heterocycles. The average Bonchev–Trinajstić information content (AvgIpc) is 2.38. The molecule has 0 spiro atoms. The van der Waals surface area contributed by atoms with Crippen LogP contribution >= 0.6 is 0 Å². The van der Waals surface area contributed by atoms with Crippen LogP contribution in [-0.4, -0.2) is 44.1 Å². The lowest BCUT2D eigenvalue weighted by atomic mass is 10.1. The first-order valence-corrected chi connectivity index (χ1v) is 7.48. The number of hydrogen-bond donors (Lipinski definition) is 1. The summed E-state index contributed by atoms with van der Waals surface area (Å²) in [5.74, 6) is -0.985. The second-order valence-corrected chi connectivity index (χ2v) is 6.59. The molecule has 19 heavy (non-hydrogen) atoms. The molecule has 1 aromatic rings. The Kier molecular flexibility index (Phi) is 3.44. The van der Waals surface area contributed by atoms with Crippen molar-refractivity contribution in [3.05, 3.63) is 29.3 Å². The van der Waals surface area contributed by atoms with Crippen LogP contribution in [0.2, 0.25) is 0 Å². The first-order chi connectivity index (χ1) is 8.93. The number of sulfone groups is 1. The molecule has 2 rings (SSSR count). The highest BCUT2D eigenvalue weighted by Crippen LogP contribution is 2.23. The molecular formula is C12H12N2O4S. The number of hydrogen-bond acceptors (Lipinski definition) is 5. The van der Waals surface area contributed by atoms with Gasteiger partial charge in [0.25, 0.3) is 0 Å². The van der Waals surface area contributed by atoms with Gasteiger partial charge in [0.05, 0.1) is 28.3 Å². The molecular weight excluding hydrogens is 268 g/mol. The normalized spacial score (nSPS) is 17.7. The Morgan fingerprint density at radius 1 is 1.32 bits per heavy atom. The summed E-state index contributed by atoms with van der Waals surface area (Å²) >= 11 is 0. The Bertz CT molecular complexity index is 647. The smallest absolute Gasteiger partial charge is 0.335 e. The third kappa shape index (κ3) is 2.85. The summed E-state index contributed by atoms with van der Waals surface area (Å²) in [6.07, 6.45) is 0. The molecule has 1 fully saturated rings. The van der Waals surface area contributed by atoms with Gasteiger partial charge < -0.3 is 10.0 Å². The van der Waals surface area contributed by atoms with Gasteiger partial charge >= 0.3 is 5.97 Å². The van der Waals surface area contributed by atoms with E-state index in [-0.39, 0.29) is 22.6 Å². The van der Waals surface area contributed by atoms with Crippen LogP contribution in [0.15, 0.2) is 18.2 Å². The van der Waals surface area contributed by atoms with Crippen molar-refractivity contribution in [2.75, 3.05) is 29.5 Å². The number of anilines is 1. The summed E-state index contributed by atoms with van der Waals surface area (Å²) in [6.45, 7) is 0.646. The SMILES string of the molecule is N#Cc1cc(C(=O)O)ccc1N1CCS(=O)(=O)CC1. The minimum Gasteiger partial charge on any atom is -0.478 e. The van der Waals surface area contributed by atoms with E-state index in [1.807, 2.05) is 6.07 Å². The van der Waals surface area contributed by atoms with Crippen molar-refractivity contribution in [2.24, 2.45) is 0 Å². The van der Waals surface area contributed by atoms with Gasteiger partial charge in [-0.2, -0.15) is 5.26 Å². The third-order valence-corrected chi connectivity index (χ3v) is 4.66. The zero-order valence-electron chi connectivity index (χ0n) is 10.0. The average molecular weight is 280 g/mol. The molecule has 0 saturated carbocycles. The fourth-order valence-electron chi connectivity index (χ4n) is 1.99. The van der Waals surface area contributed by atoms with Crippen molar-refractivity contribution in [2.45, 2.75) is 0 Å². The summed E-state index contributed by atoms with van der Waals surface area (Å²) in [5.41, 5.74) is 0.881. The Labute approximate surface area is 110 Å². The van der Waals surface area contributed by atoms with Gasteiger partial charge in [-0.05, 0) is 18.2 Å². The Morgan fingerprint density at radius 3 is 2.47 bits per heavy atom. The minimum atomic E-state index is -2.98. The maximum Gasteiger partial charge on any atom is 0.335 e. The van der Waals surface area contributed by atoms with Gasteiger partial charge in [0.15, 0.2) is 9.84 Å². The monoisotopic (exact) mass is 280 g/mol. The number of carbonyl (C=O) groups is 1. The van der Waals surface area contributed by atoms with E-state index in [1.165, 1.54) is 12.1 Å². The quantitative estimate of drug-likeness (QED) is 0.846. The molecule has 0 bridgehead atoms. The number of rotatable bonds is 2. The molecule has 0 atom stereocenters. The maximum absolute atomic E-state index is 11.4. The zero-order chi connectivity index (χ0) is 14.0. The molecule has 0 aliphatic carbocycles. The molecule has 100 valence electrons. The molecule has 1 aliphatic rings. The van der Waals surface area contributed by atoms with E-state index < -0.39 is 15.8 Å². The van der Waals surface area contributed by atoms with Crippen molar-refractivity contribution < 1.29 is 18.3 Å². The van der Waals surface area contributed by atoms with Gasteiger partial charge in [-0.15, -0.1) is 0 Å². The summed E-state index contributed by atoms with van der Waals surface area (Å²) in [5, 5.41) is 17.9. The molecule has 7 heteroatoms. The zero-order valence-corrected chi connectivity index (χ0v) is 10.9. The van der Waals surface area contributed by atoms with Gasteiger partial charge in [-0.3, -0.25) is 0 Å². The van der Waals surface area contributed by atoms with Crippen molar-refractivity contribution in [3.63, 3.8) is 0 Å². The van der Waals surface area contributed by atoms with E-state index >= 15 is 0 Å². The summed E-state index contributed by atoms with van der Waals surface area (Å²) in [6, 6.07) is 6.23. The standard InChI is InChI=1S/C12H12N2O4S/c13-8-10-7-9(12(15)16)1-2-11(10)14-3-5-19(17,18)6-4-14/h1-2,7H,3-6H2,(H,15,16). The molecule has 1 N–H and O–H groups in total. The maximum atomic E-state index is 11.4. The number of carboxylic acids is 1. The highest BCUT2D eigenvalue weighted by Gasteiger charge is 2.23. The van der Waals surface area contributed by atoms with Crippen LogP contribution in [0.25, 0.3) is 0 Å². The highest BCUT2D eigenvalue weighted by atomic mass is 32.2. The van der Waals surface area contributed by atoms with E-state index in [1.54, 1.807) is 11.0 Å². The predicted octanol–water partition coefficient (Wildman–Crippen LogP) is 0.491. The predicted molar refractivity (Wildman–Crippen MR) is 69.0 cm³/mol. The summed E-state index contributed by atoms with van der Waals surface area (Å²) in [7, 11) is -2.98. The van der Waals surface area contributed by atoms with E-state index in [0.29, 0.717) is 18.8 Å². The van der Waals surface area contributed by atoms with Gasteiger partial charge in [0.1, 0.15) is 6.07 Å². The van der Waals surface area contributed by atoms with Crippen molar-refractivity contribution in [3.8, 4) is 6.07 Å². The molecule has 0 radical (unpaired) electrons. The molecule has 1 aliphatic heterocycles. The fraction of sp³-hybridized carbons (Fsp3) is 0.333. The lowest BCUT2D eigenvalue weighted by Gasteiger charge is -2.29. The van der Waals surface area contributed by atoms with Crippen LogP contribution < -0.4 is 4.90 Å². The molecule has 1 heterocycles. The van der Waals surface area contributed by atoms with Gasteiger partial charge in [-0.1, -0.05) is 0 Å². The van der Waals surface area contributed by atoms with Crippen LogP contribution in [-0.2, 0) is 9.84 Å². The number of aromatic carboxylic acids is 1. The summed E-state index contributed by atoms with van der Waals surface area (Å²) < 4.78 is 22.7. The van der Waals surface area contributed by atoms with Gasteiger partial charge in [0.2, 0.25) is 0 Å². The number of nitrogens with zero attached hydrogens (tertiary/aromatic N) is 2. The van der Waals surface area contributed by atoms with Crippen LogP contribution in [0, 0.1) is 11.3 Å². The lowest BCUT2D eigenvalue weighted by Crippen LogP contribution is -2.40. The van der Waals surface area contributed by atoms with E-state index in [2.05, 4.69) is 0 Å². The van der Waals surface area contributed by atoms with Crippen molar-refractivity contribution >= 4 is 21.5 Å². The topological polar surface area (TPSA) is 98.5 Å². The second-order valence-electron chi connectivity index (χ2n) is 4.29. The van der Waals surface area contributed by atoms with Crippen LogP contribution in [0.5, 0.6) is 0 Å². The number of nitriles is 1. The molecule has 0 aromatic heterocycles. The first-order valence-electron chi connectivity index (χ1n) is 5.66. The van der Waals surface area contributed by atoms with Crippen molar-refractivity contribution in [1.82, 2.24) is 0 Å². The van der Waals surface area contributed by atoms with Gasteiger partial charge in [0, 0.05) is 13.1 Å². The van der Waals surface area contributed by atoms with Crippen molar-refractivity contribution in [1.29, 1.82) is 5.26 Å². The first kappa shape index (κ1) is 13.4. The lowest BCUT2D eigenvalue weighted by molar-refractivity contribution is 0.0697. The molecule has 1 aromatic carbocycles. The number of benzene rings is 1. The third-order valence-electron chi connectivity index (χ3n) is 3.05. The fourth-order valence-corrected chi connectivity index (χ4v) is 3.19. The van der Waals surface area contributed by atoms with Crippen LogP contribution in [0.3, 0.4) is 0 Å². The Hall–Kier alpha value is -2.07.